The number of aromatic nitrogens is 3. The molecule has 0 aliphatic carbocycles. The van der Waals surface area contributed by atoms with E-state index in [1.807, 2.05) is 0 Å². The molecule has 10 heteroatoms. The molecule has 0 aliphatic heterocycles. The van der Waals surface area contributed by atoms with Crippen LogP contribution in [0.4, 0.5) is 17.5 Å². The molecule has 120 valence electrons. The maximum Gasteiger partial charge on any atom is 0.339 e. The summed E-state index contributed by atoms with van der Waals surface area (Å²) in [5.41, 5.74) is 0.361. The van der Waals surface area contributed by atoms with Crippen molar-refractivity contribution in [3.8, 4) is 0 Å². The van der Waals surface area contributed by atoms with Gasteiger partial charge in [-0.25, -0.2) is 19.7 Å². The molecule has 0 fully saturated rings. The molecule has 0 saturated carbocycles. The molecule has 0 bridgehead atoms. The fraction of sp³-hybridized carbons (Fsp3) is 0.231. The lowest BCUT2D eigenvalue weighted by atomic mass is 10.2. The summed E-state index contributed by atoms with van der Waals surface area (Å²) in [5, 5.41) is 25.3. The smallest absolute Gasteiger partial charge is 0.339 e. The highest BCUT2D eigenvalue weighted by molar-refractivity contribution is 5.88. The van der Waals surface area contributed by atoms with Gasteiger partial charge < -0.3 is 15.7 Å². The van der Waals surface area contributed by atoms with Crippen molar-refractivity contribution in [1.82, 2.24) is 15.0 Å². The molecule has 0 aromatic carbocycles. The highest BCUT2D eigenvalue weighted by atomic mass is 16.6. The summed E-state index contributed by atoms with van der Waals surface area (Å²) in [5.74, 6) is -0.235. The summed E-state index contributed by atoms with van der Waals surface area (Å²) in [4.78, 5) is 32.7. The Labute approximate surface area is 130 Å². The quantitative estimate of drug-likeness (QED) is 0.391. The van der Waals surface area contributed by atoms with Gasteiger partial charge in [0.1, 0.15) is 12.0 Å². The molecule has 0 unspecified atom stereocenters. The van der Waals surface area contributed by atoms with Crippen LogP contribution in [0.3, 0.4) is 0 Å². The van der Waals surface area contributed by atoms with Crippen LogP contribution < -0.4 is 10.6 Å². The molecule has 0 aliphatic rings. The van der Waals surface area contributed by atoms with Crippen LogP contribution in [0.2, 0.25) is 0 Å². The molecule has 23 heavy (non-hydrogen) atoms. The first-order chi connectivity index (χ1) is 11.0. The normalized spacial score (nSPS) is 10.1. The molecular weight excluding hydrogens is 304 g/mol. The number of pyridine rings is 1. The second-order valence-electron chi connectivity index (χ2n) is 4.51. The Morgan fingerprint density at radius 1 is 1.26 bits per heavy atom. The summed E-state index contributed by atoms with van der Waals surface area (Å²) in [7, 11) is 0. The van der Waals surface area contributed by atoms with Gasteiger partial charge in [-0.3, -0.25) is 10.1 Å². The molecule has 2 aromatic heterocycles. The van der Waals surface area contributed by atoms with Gasteiger partial charge in [-0.2, -0.15) is 0 Å². The third-order valence-electron chi connectivity index (χ3n) is 2.88. The molecule has 0 amide bonds. The van der Waals surface area contributed by atoms with Crippen LogP contribution in [0.5, 0.6) is 0 Å². The number of carboxylic acid groups (broad SMARTS) is 1. The molecule has 0 saturated heterocycles. The van der Waals surface area contributed by atoms with Crippen LogP contribution in [0, 0.1) is 17.0 Å². The van der Waals surface area contributed by atoms with Gasteiger partial charge in [0.2, 0.25) is 5.95 Å². The highest BCUT2D eigenvalue weighted by Crippen LogP contribution is 2.11. The Balaban J connectivity index is 1.82. The van der Waals surface area contributed by atoms with E-state index >= 15 is 0 Å². The zero-order valence-corrected chi connectivity index (χ0v) is 12.2. The number of carbonyl (C=O) groups is 1. The van der Waals surface area contributed by atoms with Crippen LogP contribution in [-0.4, -0.2) is 44.0 Å². The van der Waals surface area contributed by atoms with Crippen molar-refractivity contribution in [3.63, 3.8) is 0 Å². The van der Waals surface area contributed by atoms with Crippen molar-refractivity contribution in [2.24, 2.45) is 0 Å². The number of aryl methyl sites for hydroxylation is 1. The van der Waals surface area contributed by atoms with Crippen molar-refractivity contribution in [2.75, 3.05) is 23.7 Å². The first kappa shape index (κ1) is 16.1. The van der Waals surface area contributed by atoms with E-state index in [9.17, 15) is 14.9 Å². The SMILES string of the molecule is Cc1nc(NCCNc2ccc([N+](=O)[O-])cn2)ncc1C(=O)O. The summed E-state index contributed by atoms with van der Waals surface area (Å²) < 4.78 is 0. The fourth-order valence-electron chi connectivity index (χ4n) is 1.73. The minimum absolute atomic E-state index is 0.0590. The number of aromatic carboxylic acids is 1. The maximum absolute atomic E-state index is 10.9. The Bertz CT molecular complexity index is 719. The Kier molecular flexibility index (Phi) is 4.97. The summed E-state index contributed by atoms with van der Waals surface area (Å²) in [6, 6.07) is 2.88. The van der Waals surface area contributed by atoms with Crippen LogP contribution in [0.15, 0.2) is 24.5 Å². The number of carboxylic acids is 1. The average Bonchev–Trinajstić information content (AvgIpc) is 2.51. The van der Waals surface area contributed by atoms with Crippen molar-refractivity contribution in [2.45, 2.75) is 6.92 Å². The van der Waals surface area contributed by atoms with Crippen LogP contribution in [-0.2, 0) is 0 Å². The molecule has 2 aromatic rings. The van der Waals surface area contributed by atoms with E-state index in [0.29, 0.717) is 30.5 Å². The highest BCUT2D eigenvalue weighted by Gasteiger charge is 2.09. The topological polar surface area (TPSA) is 143 Å². The van der Waals surface area contributed by atoms with Gasteiger partial charge in [-0.15, -0.1) is 0 Å². The molecule has 3 N–H and O–H groups in total. The number of rotatable bonds is 7. The Morgan fingerprint density at radius 2 is 2.00 bits per heavy atom. The lowest BCUT2D eigenvalue weighted by molar-refractivity contribution is -0.385. The number of anilines is 2. The van der Waals surface area contributed by atoms with Crippen molar-refractivity contribution < 1.29 is 14.8 Å². The van der Waals surface area contributed by atoms with Gasteiger partial charge in [0.15, 0.2) is 0 Å². The minimum Gasteiger partial charge on any atom is -0.478 e. The zero-order chi connectivity index (χ0) is 16.8. The van der Waals surface area contributed by atoms with E-state index in [4.69, 9.17) is 5.11 Å². The first-order valence-electron chi connectivity index (χ1n) is 6.62. The predicted octanol–water partition coefficient (Wildman–Crippen LogP) is 1.31. The number of hydrogen-bond acceptors (Lipinski definition) is 8. The zero-order valence-electron chi connectivity index (χ0n) is 12.2. The fourth-order valence-corrected chi connectivity index (χ4v) is 1.73. The van der Waals surface area contributed by atoms with Gasteiger partial charge in [-0.05, 0) is 13.0 Å². The van der Waals surface area contributed by atoms with Crippen LogP contribution in [0.1, 0.15) is 16.1 Å². The Hall–Kier alpha value is -3.30. The predicted molar refractivity (Wildman–Crippen MR) is 81.6 cm³/mol. The van der Waals surface area contributed by atoms with Gasteiger partial charge in [0.25, 0.3) is 5.69 Å². The maximum atomic E-state index is 10.9. The minimum atomic E-state index is -1.07. The summed E-state index contributed by atoms with van der Waals surface area (Å²) in [6.45, 7) is 2.54. The van der Waals surface area contributed by atoms with Gasteiger partial charge in [-0.1, -0.05) is 0 Å². The van der Waals surface area contributed by atoms with Crippen LogP contribution >= 0.6 is 0 Å². The van der Waals surface area contributed by atoms with Gasteiger partial charge in [0.05, 0.1) is 16.2 Å². The van der Waals surface area contributed by atoms with Crippen molar-refractivity contribution in [1.29, 1.82) is 0 Å². The first-order valence-corrected chi connectivity index (χ1v) is 6.62. The summed E-state index contributed by atoms with van der Waals surface area (Å²) in [6.07, 6.45) is 2.42. The van der Waals surface area contributed by atoms with E-state index < -0.39 is 10.9 Å². The van der Waals surface area contributed by atoms with E-state index in [1.165, 1.54) is 24.5 Å². The van der Waals surface area contributed by atoms with E-state index in [0.717, 1.165) is 0 Å². The van der Waals surface area contributed by atoms with Crippen LogP contribution in [0.25, 0.3) is 0 Å². The lowest BCUT2D eigenvalue weighted by Gasteiger charge is -2.08. The number of nitrogens with zero attached hydrogens (tertiary/aromatic N) is 4. The van der Waals surface area contributed by atoms with Crippen molar-refractivity contribution >= 4 is 23.4 Å². The van der Waals surface area contributed by atoms with E-state index in [2.05, 4.69) is 25.6 Å². The largest absolute Gasteiger partial charge is 0.478 e. The standard InChI is InChI=1S/C13H14N6O4/c1-8-10(12(20)21)7-17-13(18-8)15-5-4-14-11-3-2-9(6-16-11)19(22)23/h2-3,6-7H,4-5H2,1H3,(H,14,16)(H,20,21)(H,15,17,18). The molecule has 0 atom stereocenters. The number of hydrogen-bond donors (Lipinski definition) is 3. The third kappa shape index (κ3) is 4.33. The molecule has 10 nitrogen and oxygen atoms in total. The van der Waals surface area contributed by atoms with Gasteiger partial charge in [0, 0.05) is 25.4 Å². The molecular formula is C13H14N6O4. The third-order valence-corrected chi connectivity index (χ3v) is 2.88. The second kappa shape index (κ2) is 7.11. The van der Waals surface area contributed by atoms with E-state index in [1.54, 1.807) is 6.92 Å². The number of nitrogens with one attached hydrogen (secondary N) is 2. The number of nitro groups is 1. The van der Waals surface area contributed by atoms with Crippen molar-refractivity contribution in [3.05, 3.63) is 45.9 Å². The average molecular weight is 318 g/mol. The monoisotopic (exact) mass is 318 g/mol. The Morgan fingerprint density at radius 3 is 2.57 bits per heavy atom. The van der Waals surface area contributed by atoms with E-state index in [-0.39, 0.29) is 11.3 Å². The second-order valence-corrected chi connectivity index (χ2v) is 4.51. The molecule has 0 spiro atoms. The molecule has 2 heterocycles. The van der Waals surface area contributed by atoms with Gasteiger partial charge >= 0.3 is 5.97 Å². The lowest BCUT2D eigenvalue weighted by Crippen LogP contribution is -2.16. The molecule has 2 rings (SSSR count). The molecule has 0 radical (unpaired) electrons. The summed E-state index contributed by atoms with van der Waals surface area (Å²) >= 11 is 0.